The molecule has 0 aliphatic carbocycles. The molecule has 9 heavy (non-hydrogen) atoms. The summed E-state index contributed by atoms with van der Waals surface area (Å²) >= 11 is 1.73. The van der Waals surface area contributed by atoms with E-state index in [1.54, 1.807) is 11.3 Å². The number of rotatable bonds is 3. The van der Waals surface area contributed by atoms with E-state index >= 15 is 0 Å². The first-order valence-corrected chi connectivity index (χ1v) is 3.65. The maximum atomic E-state index is 4.85. The van der Waals surface area contributed by atoms with E-state index < -0.39 is 0 Å². The number of thiophene rings is 1. The summed E-state index contributed by atoms with van der Waals surface area (Å²) in [7, 11) is 0. The van der Waals surface area contributed by atoms with Gasteiger partial charge in [0, 0.05) is 11.3 Å². The third kappa shape index (κ3) is 2.13. The minimum absolute atomic E-state index is 0.612. The van der Waals surface area contributed by atoms with Gasteiger partial charge in [-0.25, -0.2) is 5.90 Å². The third-order valence-electron chi connectivity index (χ3n) is 1.05. The zero-order chi connectivity index (χ0) is 6.53. The summed E-state index contributed by atoms with van der Waals surface area (Å²) in [5, 5.41) is 2.05. The second-order valence-corrected chi connectivity index (χ2v) is 2.73. The molecule has 2 N–H and O–H groups in total. The summed E-state index contributed by atoms with van der Waals surface area (Å²) in [4.78, 5) is 5.74. The molecule has 0 atom stereocenters. The predicted octanol–water partition coefficient (Wildman–Crippen LogP) is 1.18. The lowest BCUT2D eigenvalue weighted by Crippen LogP contribution is -2.02. The first kappa shape index (κ1) is 6.74. The van der Waals surface area contributed by atoms with Crippen molar-refractivity contribution >= 4 is 11.3 Å². The molecule has 1 rings (SSSR count). The summed E-state index contributed by atoms with van der Waals surface area (Å²) in [5.41, 5.74) is 0. The van der Waals surface area contributed by atoms with Crippen molar-refractivity contribution in [3.63, 3.8) is 0 Å². The summed E-state index contributed by atoms with van der Waals surface area (Å²) in [6, 6.07) is 4.10. The Hall–Kier alpha value is -0.380. The molecule has 2 nitrogen and oxygen atoms in total. The molecule has 0 aliphatic heterocycles. The highest BCUT2D eigenvalue weighted by Gasteiger charge is 1.90. The average Bonchev–Trinajstić information content (AvgIpc) is 2.34. The highest BCUT2D eigenvalue weighted by Crippen LogP contribution is 2.08. The topological polar surface area (TPSA) is 35.2 Å². The molecule has 0 spiro atoms. The van der Waals surface area contributed by atoms with Crippen LogP contribution in [-0.2, 0) is 11.3 Å². The molecule has 1 heterocycles. The highest BCUT2D eigenvalue weighted by atomic mass is 32.1. The van der Waals surface area contributed by atoms with Gasteiger partial charge >= 0.3 is 0 Å². The van der Waals surface area contributed by atoms with Crippen molar-refractivity contribution in [1.82, 2.24) is 0 Å². The van der Waals surface area contributed by atoms with Gasteiger partial charge in [-0.15, -0.1) is 11.3 Å². The Kier molecular flexibility index (Phi) is 2.70. The fourth-order valence-corrected chi connectivity index (χ4v) is 1.30. The van der Waals surface area contributed by atoms with E-state index in [4.69, 9.17) is 5.90 Å². The Morgan fingerprint density at radius 1 is 1.67 bits per heavy atom. The molecule has 0 radical (unpaired) electrons. The molecule has 0 aliphatic rings. The SMILES string of the molecule is NOCCc1cccs1. The van der Waals surface area contributed by atoms with Gasteiger partial charge < -0.3 is 4.84 Å². The maximum Gasteiger partial charge on any atom is 0.0727 e. The van der Waals surface area contributed by atoms with Crippen LogP contribution in [0.15, 0.2) is 17.5 Å². The van der Waals surface area contributed by atoms with E-state index in [2.05, 4.69) is 10.9 Å². The van der Waals surface area contributed by atoms with Crippen LogP contribution in [0.3, 0.4) is 0 Å². The zero-order valence-electron chi connectivity index (χ0n) is 5.04. The fraction of sp³-hybridized carbons (Fsp3) is 0.333. The number of hydrogen-bond donors (Lipinski definition) is 1. The van der Waals surface area contributed by atoms with Crippen LogP contribution in [0.2, 0.25) is 0 Å². The lowest BCUT2D eigenvalue weighted by atomic mass is 10.4. The maximum absolute atomic E-state index is 4.85. The van der Waals surface area contributed by atoms with Crippen LogP contribution in [0.4, 0.5) is 0 Å². The van der Waals surface area contributed by atoms with Gasteiger partial charge in [0.1, 0.15) is 0 Å². The van der Waals surface area contributed by atoms with Crippen molar-refractivity contribution < 1.29 is 4.84 Å². The van der Waals surface area contributed by atoms with Crippen molar-refractivity contribution in [3.05, 3.63) is 22.4 Å². The van der Waals surface area contributed by atoms with E-state index in [-0.39, 0.29) is 0 Å². The van der Waals surface area contributed by atoms with Crippen LogP contribution < -0.4 is 5.90 Å². The Morgan fingerprint density at radius 3 is 3.11 bits per heavy atom. The van der Waals surface area contributed by atoms with Crippen molar-refractivity contribution in [3.8, 4) is 0 Å². The van der Waals surface area contributed by atoms with E-state index in [1.807, 2.05) is 11.4 Å². The summed E-state index contributed by atoms with van der Waals surface area (Å²) in [6.45, 7) is 0.612. The second-order valence-electron chi connectivity index (χ2n) is 1.70. The van der Waals surface area contributed by atoms with Gasteiger partial charge in [-0.05, 0) is 11.4 Å². The van der Waals surface area contributed by atoms with Gasteiger partial charge in [-0.1, -0.05) is 6.07 Å². The van der Waals surface area contributed by atoms with E-state index in [1.165, 1.54) is 4.88 Å². The Morgan fingerprint density at radius 2 is 2.56 bits per heavy atom. The minimum atomic E-state index is 0.612. The Labute approximate surface area is 58.2 Å². The quantitative estimate of drug-likeness (QED) is 0.645. The average molecular weight is 143 g/mol. The van der Waals surface area contributed by atoms with Gasteiger partial charge in [0.2, 0.25) is 0 Å². The van der Waals surface area contributed by atoms with Crippen molar-refractivity contribution in [2.45, 2.75) is 6.42 Å². The van der Waals surface area contributed by atoms with Gasteiger partial charge in [0.25, 0.3) is 0 Å². The van der Waals surface area contributed by atoms with E-state index in [9.17, 15) is 0 Å². The molecule has 0 aromatic carbocycles. The summed E-state index contributed by atoms with van der Waals surface area (Å²) in [5.74, 6) is 4.85. The van der Waals surface area contributed by atoms with Crippen molar-refractivity contribution in [2.75, 3.05) is 6.61 Å². The van der Waals surface area contributed by atoms with Crippen molar-refractivity contribution in [1.29, 1.82) is 0 Å². The third-order valence-corrected chi connectivity index (χ3v) is 1.98. The Bertz CT molecular complexity index is 150. The fourth-order valence-electron chi connectivity index (χ4n) is 0.614. The standard InChI is InChI=1S/C6H9NOS/c7-8-4-3-6-2-1-5-9-6/h1-2,5H,3-4,7H2. The molecule has 1 aromatic rings. The molecule has 1 aromatic heterocycles. The normalized spacial score (nSPS) is 9.89. The minimum Gasteiger partial charge on any atom is -0.304 e. The van der Waals surface area contributed by atoms with Crippen LogP contribution in [0.5, 0.6) is 0 Å². The molecule has 0 bridgehead atoms. The van der Waals surface area contributed by atoms with Gasteiger partial charge in [0.05, 0.1) is 6.61 Å². The molecular formula is C6H9NOS. The second kappa shape index (κ2) is 3.61. The summed E-state index contributed by atoms with van der Waals surface area (Å²) in [6.07, 6.45) is 0.925. The van der Waals surface area contributed by atoms with Crippen LogP contribution in [0, 0.1) is 0 Å². The first-order chi connectivity index (χ1) is 4.43. The van der Waals surface area contributed by atoms with Crippen LogP contribution in [-0.4, -0.2) is 6.61 Å². The smallest absolute Gasteiger partial charge is 0.0727 e. The molecular weight excluding hydrogens is 134 g/mol. The number of nitrogens with two attached hydrogens (primary N) is 1. The van der Waals surface area contributed by atoms with Crippen molar-refractivity contribution in [2.24, 2.45) is 5.90 Å². The Balaban J connectivity index is 2.30. The van der Waals surface area contributed by atoms with Crippen LogP contribution >= 0.6 is 11.3 Å². The number of hydrogen-bond acceptors (Lipinski definition) is 3. The predicted molar refractivity (Wildman–Crippen MR) is 38.2 cm³/mol. The molecule has 0 unspecified atom stereocenters. The molecule has 0 fully saturated rings. The first-order valence-electron chi connectivity index (χ1n) is 2.77. The van der Waals surface area contributed by atoms with Gasteiger partial charge in [-0.2, -0.15) is 0 Å². The van der Waals surface area contributed by atoms with E-state index in [0.29, 0.717) is 6.61 Å². The lowest BCUT2D eigenvalue weighted by Gasteiger charge is -1.91. The van der Waals surface area contributed by atoms with Crippen LogP contribution in [0.25, 0.3) is 0 Å². The molecule has 50 valence electrons. The molecule has 3 heteroatoms. The molecule has 0 amide bonds. The molecule has 0 saturated heterocycles. The van der Waals surface area contributed by atoms with Gasteiger partial charge in [-0.3, -0.25) is 0 Å². The lowest BCUT2D eigenvalue weighted by molar-refractivity contribution is 0.142. The zero-order valence-corrected chi connectivity index (χ0v) is 5.86. The van der Waals surface area contributed by atoms with Gasteiger partial charge in [0.15, 0.2) is 0 Å². The highest BCUT2D eigenvalue weighted by molar-refractivity contribution is 7.09. The monoisotopic (exact) mass is 143 g/mol. The molecule has 0 saturated carbocycles. The van der Waals surface area contributed by atoms with Crippen LogP contribution in [0.1, 0.15) is 4.88 Å². The van der Waals surface area contributed by atoms with E-state index in [0.717, 1.165) is 6.42 Å². The largest absolute Gasteiger partial charge is 0.304 e. The summed E-state index contributed by atoms with van der Waals surface area (Å²) < 4.78 is 0.